The zero-order valence-corrected chi connectivity index (χ0v) is 25.0. The highest BCUT2D eigenvalue weighted by atomic mass is 32.2. The van der Waals surface area contributed by atoms with Crippen LogP contribution in [0.5, 0.6) is 5.75 Å². The van der Waals surface area contributed by atoms with E-state index >= 15 is 0 Å². The summed E-state index contributed by atoms with van der Waals surface area (Å²) in [5.41, 5.74) is 0.547. The molecule has 0 radical (unpaired) electrons. The highest BCUT2D eigenvalue weighted by Gasteiger charge is 2.43. The number of aliphatic hydroxyl groups excluding tert-OH is 1. The van der Waals surface area contributed by atoms with Gasteiger partial charge in [-0.3, -0.25) is 14.5 Å². The molecule has 5 atom stereocenters. The van der Waals surface area contributed by atoms with E-state index in [9.17, 15) is 19.8 Å². The van der Waals surface area contributed by atoms with Crippen LogP contribution in [-0.2, 0) is 4.79 Å². The van der Waals surface area contributed by atoms with Crippen molar-refractivity contribution >= 4 is 23.6 Å². The third-order valence-electron chi connectivity index (χ3n) is 8.21. The van der Waals surface area contributed by atoms with Gasteiger partial charge in [0.1, 0.15) is 5.75 Å². The minimum Gasteiger partial charge on any atom is -0.508 e. The Balaban J connectivity index is 1.57. The number of aliphatic hydroxyl groups is 1. The molecule has 0 aromatic heterocycles. The van der Waals surface area contributed by atoms with Crippen LogP contribution in [0.3, 0.4) is 0 Å². The predicted octanol–water partition coefficient (Wildman–Crippen LogP) is 4.89. The Labute approximate surface area is 243 Å². The maximum absolute atomic E-state index is 13.5. The molecule has 40 heavy (non-hydrogen) atoms. The predicted molar refractivity (Wildman–Crippen MR) is 161 cm³/mol. The van der Waals surface area contributed by atoms with E-state index < -0.39 is 12.1 Å². The molecule has 1 aliphatic carbocycles. The summed E-state index contributed by atoms with van der Waals surface area (Å²) in [6, 6.07) is 14.2. The molecule has 0 bridgehead atoms. The van der Waals surface area contributed by atoms with Gasteiger partial charge in [0.25, 0.3) is 5.91 Å². The molecule has 2 aliphatic rings. The number of phenols is 1. The minimum absolute atomic E-state index is 0.0124. The Bertz CT molecular complexity index is 1150. The van der Waals surface area contributed by atoms with Crippen molar-refractivity contribution < 1.29 is 19.8 Å². The molecule has 1 aliphatic heterocycles. The number of benzene rings is 2. The van der Waals surface area contributed by atoms with Gasteiger partial charge < -0.3 is 20.8 Å². The number of aromatic hydroxyl groups is 1. The van der Waals surface area contributed by atoms with Crippen LogP contribution in [0.4, 0.5) is 0 Å². The average Bonchev–Trinajstić information content (AvgIpc) is 2.92. The summed E-state index contributed by atoms with van der Waals surface area (Å²) in [6.45, 7) is 8.00. The van der Waals surface area contributed by atoms with E-state index in [2.05, 4.69) is 15.5 Å². The molecule has 2 amide bonds. The molecule has 2 aromatic rings. The van der Waals surface area contributed by atoms with Gasteiger partial charge in [-0.05, 0) is 83.6 Å². The van der Waals surface area contributed by atoms with Crippen molar-refractivity contribution in [1.29, 1.82) is 0 Å². The van der Waals surface area contributed by atoms with Gasteiger partial charge >= 0.3 is 0 Å². The van der Waals surface area contributed by atoms with Gasteiger partial charge in [0.05, 0.1) is 18.2 Å². The molecule has 1 saturated carbocycles. The van der Waals surface area contributed by atoms with Gasteiger partial charge in [-0.1, -0.05) is 37.1 Å². The van der Waals surface area contributed by atoms with E-state index in [1.165, 1.54) is 6.42 Å². The second-order valence-electron chi connectivity index (χ2n) is 12.4. The first-order valence-corrected chi connectivity index (χ1v) is 15.5. The van der Waals surface area contributed by atoms with E-state index in [0.29, 0.717) is 29.3 Å². The average molecular weight is 568 g/mol. The first-order chi connectivity index (χ1) is 19.0. The largest absolute Gasteiger partial charge is 0.508 e. The number of hydrogen-bond donors (Lipinski definition) is 4. The van der Waals surface area contributed by atoms with E-state index in [0.717, 1.165) is 37.0 Å². The Kier molecular flexibility index (Phi) is 10.2. The summed E-state index contributed by atoms with van der Waals surface area (Å²) in [7, 11) is 0. The Morgan fingerprint density at radius 3 is 2.48 bits per heavy atom. The number of thioether (sulfide) groups is 1. The van der Waals surface area contributed by atoms with Gasteiger partial charge in [-0.2, -0.15) is 0 Å². The number of fused-ring (bicyclic) bond motifs is 1. The summed E-state index contributed by atoms with van der Waals surface area (Å²) < 4.78 is 0. The van der Waals surface area contributed by atoms with Crippen LogP contribution < -0.4 is 10.6 Å². The molecular weight excluding hydrogens is 522 g/mol. The first-order valence-electron chi connectivity index (χ1n) is 14.6. The molecule has 8 heteroatoms. The van der Waals surface area contributed by atoms with E-state index in [1.54, 1.807) is 36.9 Å². The summed E-state index contributed by atoms with van der Waals surface area (Å²) in [4.78, 5) is 30.1. The third kappa shape index (κ3) is 7.80. The van der Waals surface area contributed by atoms with Crippen molar-refractivity contribution in [2.45, 2.75) is 101 Å². The topological polar surface area (TPSA) is 102 Å². The Morgan fingerprint density at radius 2 is 1.75 bits per heavy atom. The second-order valence-corrected chi connectivity index (χ2v) is 13.5. The molecule has 1 saturated heterocycles. The van der Waals surface area contributed by atoms with E-state index in [4.69, 9.17) is 0 Å². The molecule has 4 N–H and O–H groups in total. The fourth-order valence-corrected chi connectivity index (χ4v) is 7.17. The zero-order valence-electron chi connectivity index (χ0n) is 24.2. The van der Waals surface area contributed by atoms with Gasteiger partial charge in [-0.15, -0.1) is 11.8 Å². The van der Waals surface area contributed by atoms with Crippen molar-refractivity contribution in [2.75, 3.05) is 12.3 Å². The molecule has 2 aromatic carbocycles. The van der Waals surface area contributed by atoms with Crippen LogP contribution >= 0.6 is 11.8 Å². The van der Waals surface area contributed by atoms with Crippen LogP contribution in [0, 0.1) is 12.8 Å². The van der Waals surface area contributed by atoms with Crippen LogP contribution in [-0.4, -0.2) is 69.0 Å². The van der Waals surface area contributed by atoms with Crippen LogP contribution in [0.15, 0.2) is 53.4 Å². The monoisotopic (exact) mass is 567 g/mol. The number of amides is 2. The third-order valence-corrected chi connectivity index (χ3v) is 9.34. The van der Waals surface area contributed by atoms with Crippen molar-refractivity contribution in [1.82, 2.24) is 15.5 Å². The van der Waals surface area contributed by atoms with Gasteiger partial charge in [0, 0.05) is 39.9 Å². The number of phenolic OH excluding ortho intramolecular Hbond substituents is 1. The number of carbonyl (C=O) groups excluding carboxylic acids is 2. The molecule has 0 spiro atoms. The van der Waals surface area contributed by atoms with E-state index in [-0.39, 0.29) is 35.2 Å². The molecular formula is C32H45N3O4S. The Morgan fingerprint density at radius 1 is 1.02 bits per heavy atom. The fourth-order valence-electron chi connectivity index (χ4n) is 6.14. The lowest BCUT2D eigenvalue weighted by atomic mass is 9.76. The summed E-state index contributed by atoms with van der Waals surface area (Å²) >= 11 is 1.58. The normalized spacial score (nSPS) is 23.1. The molecule has 4 rings (SSSR count). The van der Waals surface area contributed by atoms with Crippen LogP contribution in [0.2, 0.25) is 0 Å². The lowest BCUT2D eigenvalue weighted by Gasteiger charge is -2.49. The van der Waals surface area contributed by atoms with Gasteiger partial charge in [-0.25, -0.2) is 0 Å². The molecule has 7 nitrogen and oxygen atoms in total. The lowest BCUT2D eigenvalue weighted by molar-refractivity contribution is -0.134. The highest BCUT2D eigenvalue weighted by molar-refractivity contribution is 7.99. The highest BCUT2D eigenvalue weighted by Crippen LogP contribution is 2.38. The number of hydrogen-bond acceptors (Lipinski definition) is 6. The number of nitrogens with zero attached hydrogens (tertiary/aromatic N) is 1. The number of nitrogens with one attached hydrogen (secondary N) is 2. The maximum Gasteiger partial charge on any atom is 0.252 e. The van der Waals surface area contributed by atoms with Crippen molar-refractivity contribution in [3.05, 3.63) is 59.7 Å². The van der Waals surface area contributed by atoms with Crippen molar-refractivity contribution in [2.24, 2.45) is 5.92 Å². The number of carbonyl (C=O) groups is 2. The number of β-amino-alcohol motifs (C(OH)–C–C–N with tert-alkyl or cyclic N) is 1. The zero-order chi connectivity index (χ0) is 28.9. The summed E-state index contributed by atoms with van der Waals surface area (Å²) in [6.07, 6.45) is 5.44. The number of piperidine rings is 1. The van der Waals surface area contributed by atoms with Crippen molar-refractivity contribution in [3.63, 3.8) is 0 Å². The fraction of sp³-hybridized carbons (Fsp3) is 0.562. The first kappa shape index (κ1) is 30.4. The van der Waals surface area contributed by atoms with Crippen LogP contribution in [0.1, 0.15) is 75.2 Å². The summed E-state index contributed by atoms with van der Waals surface area (Å²) in [5, 5.41) is 28.1. The molecule has 0 unspecified atom stereocenters. The van der Waals surface area contributed by atoms with Gasteiger partial charge in [0.2, 0.25) is 5.91 Å². The maximum atomic E-state index is 13.5. The van der Waals surface area contributed by atoms with Crippen molar-refractivity contribution in [3.8, 4) is 5.75 Å². The standard InChI is InChI=1S/C32H45N3O4S/c1-21-24(14-10-16-28(21)36)30(38)33-25(20-40-23-12-6-5-7-13-23)29(37)19-35-26-15-9-8-11-22(26)17-18-27(35)31(39)34-32(2,3)4/h5-7,10,12-14,16,22,25-27,29,36-37H,8-9,11,15,17-20H2,1-4H3,(H,33,38)(H,34,39)/t22-,25-,26-,27-,29+/m0/s1. The van der Waals surface area contributed by atoms with E-state index in [1.807, 2.05) is 51.1 Å². The molecule has 218 valence electrons. The number of likely N-dealkylation sites (tertiary alicyclic amines) is 1. The van der Waals surface area contributed by atoms with Gasteiger partial charge in [0.15, 0.2) is 0 Å². The molecule has 2 fully saturated rings. The van der Waals surface area contributed by atoms with Crippen LogP contribution in [0.25, 0.3) is 0 Å². The SMILES string of the molecule is Cc1c(O)cccc1C(=O)N[C@@H](CSc1ccccc1)[C@H](O)CN1[C@H](C(=O)NC(C)(C)C)CC[C@@H]2CCCC[C@@H]21. The lowest BCUT2D eigenvalue weighted by Crippen LogP contribution is -2.62. The quantitative estimate of drug-likeness (QED) is 0.322. The second kappa shape index (κ2) is 13.4. The number of rotatable bonds is 9. The Hall–Kier alpha value is -2.55. The smallest absolute Gasteiger partial charge is 0.252 e. The minimum atomic E-state index is -0.886. The molecule has 1 heterocycles. The summed E-state index contributed by atoms with van der Waals surface area (Å²) in [5.74, 6) is 0.741.